The Labute approximate surface area is 168 Å². The van der Waals surface area contributed by atoms with Gasteiger partial charge < -0.3 is 19.5 Å². The monoisotopic (exact) mass is 385 g/mol. The van der Waals surface area contributed by atoms with Gasteiger partial charge in [-0.3, -0.25) is 4.79 Å². The summed E-state index contributed by atoms with van der Waals surface area (Å²) in [5, 5.41) is 2.93. The lowest BCUT2D eigenvalue weighted by molar-refractivity contribution is -0.116. The first kappa shape index (κ1) is 21.6. The van der Waals surface area contributed by atoms with Gasteiger partial charge in [-0.15, -0.1) is 0 Å². The Kier molecular flexibility index (Phi) is 8.18. The summed E-state index contributed by atoms with van der Waals surface area (Å²) < 4.78 is 16.9. The fourth-order valence-electron chi connectivity index (χ4n) is 2.74. The zero-order valence-electron chi connectivity index (χ0n) is 17.5. The molecule has 0 atom stereocenters. The largest absolute Gasteiger partial charge is 0.497 e. The number of carbonyl (C=O) groups excluding carboxylic acids is 1. The predicted molar refractivity (Wildman–Crippen MR) is 113 cm³/mol. The van der Waals surface area contributed by atoms with Crippen molar-refractivity contribution < 1.29 is 19.0 Å². The standard InChI is InChI=1S/C23H31NO4/c1-16(2)28-21-12-11-19(26-5)15-20(21)24-23(25)8-6-7-13-27-22-14-17(3)9-10-18(22)4/h9-12,14-16H,6-8,13H2,1-5H3,(H,24,25). The van der Waals surface area contributed by atoms with Crippen LogP contribution in [-0.2, 0) is 4.79 Å². The Hall–Kier alpha value is -2.69. The first-order valence-corrected chi connectivity index (χ1v) is 9.73. The minimum atomic E-state index is -0.0476. The molecule has 0 saturated heterocycles. The molecule has 5 nitrogen and oxygen atoms in total. The summed E-state index contributed by atoms with van der Waals surface area (Å²) in [5.74, 6) is 2.18. The summed E-state index contributed by atoms with van der Waals surface area (Å²) in [5.41, 5.74) is 2.93. The van der Waals surface area contributed by atoms with Crippen molar-refractivity contribution in [3.8, 4) is 17.2 Å². The Morgan fingerprint density at radius 1 is 1.04 bits per heavy atom. The summed E-state index contributed by atoms with van der Waals surface area (Å²) in [6, 6.07) is 11.6. The summed E-state index contributed by atoms with van der Waals surface area (Å²) in [6.45, 7) is 8.58. The number of amides is 1. The maximum Gasteiger partial charge on any atom is 0.224 e. The van der Waals surface area contributed by atoms with Crippen LogP contribution in [0.4, 0.5) is 5.69 Å². The molecule has 2 aromatic carbocycles. The van der Waals surface area contributed by atoms with Crippen molar-refractivity contribution in [3.05, 3.63) is 47.5 Å². The molecule has 1 amide bonds. The Morgan fingerprint density at radius 3 is 2.54 bits per heavy atom. The van der Waals surface area contributed by atoms with Gasteiger partial charge in [0.15, 0.2) is 0 Å². The summed E-state index contributed by atoms with van der Waals surface area (Å²) in [6.07, 6.45) is 2.01. The number of rotatable bonds is 10. The van der Waals surface area contributed by atoms with E-state index in [1.807, 2.05) is 45.9 Å². The number of hydrogen-bond acceptors (Lipinski definition) is 4. The lowest BCUT2D eigenvalue weighted by atomic mass is 10.1. The van der Waals surface area contributed by atoms with Crippen LogP contribution in [0.1, 0.15) is 44.2 Å². The minimum Gasteiger partial charge on any atom is -0.497 e. The van der Waals surface area contributed by atoms with Crippen molar-refractivity contribution in [3.63, 3.8) is 0 Å². The molecule has 152 valence electrons. The van der Waals surface area contributed by atoms with Crippen LogP contribution < -0.4 is 19.5 Å². The molecule has 28 heavy (non-hydrogen) atoms. The number of hydrogen-bond donors (Lipinski definition) is 1. The van der Waals surface area contributed by atoms with Crippen molar-refractivity contribution in [2.75, 3.05) is 19.0 Å². The third-order valence-electron chi connectivity index (χ3n) is 4.22. The molecule has 0 bridgehead atoms. The molecule has 1 N–H and O–H groups in total. The first-order chi connectivity index (χ1) is 13.4. The molecule has 0 spiro atoms. The molecule has 0 radical (unpaired) electrons. The van der Waals surface area contributed by atoms with E-state index in [2.05, 4.69) is 17.4 Å². The number of carbonyl (C=O) groups is 1. The molecule has 0 aliphatic carbocycles. The van der Waals surface area contributed by atoms with Crippen LogP contribution in [0.5, 0.6) is 17.2 Å². The van der Waals surface area contributed by atoms with E-state index < -0.39 is 0 Å². The van der Waals surface area contributed by atoms with Gasteiger partial charge in [-0.1, -0.05) is 12.1 Å². The molecule has 0 saturated carbocycles. The van der Waals surface area contributed by atoms with Crippen LogP contribution in [0.3, 0.4) is 0 Å². The highest BCUT2D eigenvalue weighted by Gasteiger charge is 2.11. The molecule has 2 rings (SSSR count). The molecule has 0 fully saturated rings. The van der Waals surface area contributed by atoms with Gasteiger partial charge in [-0.05, 0) is 69.9 Å². The van der Waals surface area contributed by atoms with Crippen molar-refractivity contribution >= 4 is 11.6 Å². The normalized spacial score (nSPS) is 10.6. The lowest BCUT2D eigenvalue weighted by Gasteiger charge is -2.16. The van der Waals surface area contributed by atoms with Gasteiger partial charge in [0.05, 0.1) is 25.5 Å². The zero-order chi connectivity index (χ0) is 20.5. The number of aryl methyl sites for hydroxylation is 2. The van der Waals surface area contributed by atoms with Crippen molar-refractivity contribution in [1.29, 1.82) is 0 Å². The van der Waals surface area contributed by atoms with Gasteiger partial charge in [0.25, 0.3) is 0 Å². The number of benzene rings is 2. The zero-order valence-corrected chi connectivity index (χ0v) is 17.5. The van der Waals surface area contributed by atoms with Gasteiger partial charge >= 0.3 is 0 Å². The fourth-order valence-corrected chi connectivity index (χ4v) is 2.74. The Balaban J connectivity index is 1.81. The van der Waals surface area contributed by atoms with E-state index in [1.165, 1.54) is 5.56 Å². The van der Waals surface area contributed by atoms with Gasteiger partial charge in [-0.2, -0.15) is 0 Å². The molecule has 0 aliphatic heterocycles. The van der Waals surface area contributed by atoms with E-state index >= 15 is 0 Å². The van der Waals surface area contributed by atoms with Crippen LogP contribution in [0.2, 0.25) is 0 Å². The molecule has 0 heterocycles. The average molecular weight is 386 g/mol. The second kappa shape index (κ2) is 10.6. The highest BCUT2D eigenvalue weighted by atomic mass is 16.5. The average Bonchev–Trinajstić information content (AvgIpc) is 2.65. The fraction of sp³-hybridized carbons (Fsp3) is 0.435. The maximum absolute atomic E-state index is 12.3. The van der Waals surface area contributed by atoms with E-state index in [1.54, 1.807) is 13.2 Å². The topological polar surface area (TPSA) is 56.8 Å². The second-order valence-corrected chi connectivity index (χ2v) is 7.15. The quantitative estimate of drug-likeness (QED) is 0.565. The number of methoxy groups -OCH3 is 1. The van der Waals surface area contributed by atoms with Crippen molar-refractivity contribution in [1.82, 2.24) is 0 Å². The van der Waals surface area contributed by atoms with E-state index in [-0.39, 0.29) is 12.0 Å². The minimum absolute atomic E-state index is 0.0197. The smallest absolute Gasteiger partial charge is 0.224 e. The third-order valence-corrected chi connectivity index (χ3v) is 4.22. The molecule has 0 aromatic heterocycles. The summed E-state index contributed by atoms with van der Waals surface area (Å²) >= 11 is 0. The second-order valence-electron chi connectivity index (χ2n) is 7.15. The number of ether oxygens (including phenoxy) is 3. The third kappa shape index (κ3) is 6.80. The van der Waals surface area contributed by atoms with Crippen LogP contribution in [0.25, 0.3) is 0 Å². The van der Waals surface area contributed by atoms with Crippen molar-refractivity contribution in [2.24, 2.45) is 0 Å². The molecule has 0 unspecified atom stereocenters. The molecule has 2 aromatic rings. The summed E-state index contributed by atoms with van der Waals surface area (Å²) in [7, 11) is 1.60. The van der Waals surface area contributed by atoms with Crippen LogP contribution >= 0.6 is 0 Å². The lowest BCUT2D eigenvalue weighted by Crippen LogP contribution is -2.14. The highest BCUT2D eigenvalue weighted by molar-refractivity contribution is 5.92. The van der Waals surface area contributed by atoms with Crippen LogP contribution in [0.15, 0.2) is 36.4 Å². The van der Waals surface area contributed by atoms with Crippen LogP contribution in [0, 0.1) is 13.8 Å². The van der Waals surface area contributed by atoms with Gasteiger partial charge in [0.2, 0.25) is 5.91 Å². The van der Waals surface area contributed by atoms with Crippen molar-refractivity contribution in [2.45, 2.75) is 53.1 Å². The van der Waals surface area contributed by atoms with Crippen LogP contribution in [-0.4, -0.2) is 25.7 Å². The number of unbranched alkanes of at least 4 members (excludes halogenated alkanes) is 1. The molecule has 5 heteroatoms. The van der Waals surface area contributed by atoms with Gasteiger partial charge in [-0.25, -0.2) is 0 Å². The molecular weight excluding hydrogens is 354 g/mol. The SMILES string of the molecule is COc1ccc(OC(C)C)c(NC(=O)CCCCOc2cc(C)ccc2C)c1. The Bertz CT molecular complexity index is 786. The first-order valence-electron chi connectivity index (χ1n) is 9.73. The molecular formula is C23H31NO4. The Morgan fingerprint density at radius 2 is 1.82 bits per heavy atom. The van der Waals surface area contributed by atoms with Gasteiger partial charge in [0.1, 0.15) is 17.2 Å². The number of nitrogens with one attached hydrogen (secondary N) is 1. The predicted octanol–water partition coefficient (Wildman–Crippen LogP) is 5.29. The van der Waals surface area contributed by atoms with E-state index in [0.717, 1.165) is 24.2 Å². The number of anilines is 1. The maximum atomic E-state index is 12.3. The highest BCUT2D eigenvalue weighted by Crippen LogP contribution is 2.30. The molecule has 0 aliphatic rings. The van der Waals surface area contributed by atoms with E-state index in [0.29, 0.717) is 30.2 Å². The van der Waals surface area contributed by atoms with E-state index in [4.69, 9.17) is 14.2 Å². The van der Waals surface area contributed by atoms with Gasteiger partial charge in [0, 0.05) is 12.5 Å². The summed E-state index contributed by atoms with van der Waals surface area (Å²) in [4.78, 5) is 12.3. The van der Waals surface area contributed by atoms with E-state index in [9.17, 15) is 4.79 Å².